The van der Waals surface area contributed by atoms with E-state index >= 15 is 0 Å². The average Bonchev–Trinajstić information content (AvgIpc) is 3.30. The fourth-order valence-corrected chi connectivity index (χ4v) is 5.21. The van der Waals surface area contributed by atoms with E-state index in [0.717, 1.165) is 41.3 Å². The van der Waals surface area contributed by atoms with Gasteiger partial charge >= 0.3 is 0 Å². The topological polar surface area (TPSA) is 58.2 Å². The molecule has 26 heavy (non-hydrogen) atoms. The largest absolute Gasteiger partial charge is 0.497 e. The molecule has 0 radical (unpaired) electrons. The summed E-state index contributed by atoms with van der Waals surface area (Å²) >= 11 is 3.27. The quantitative estimate of drug-likeness (QED) is 0.665. The van der Waals surface area contributed by atoms with Gasteiger partial charge in [0.05, 0.1) is 29.9 Å². The molecule has 3 heterocycles. The molecule has 4 rings (SSSR count). The number of thiophene rings is 1. The van der Waals surface area contributed by atoms with Crippen molar-refractivity contribution < 1.29 is 9.53 Å². The van der Waals surface area contributed by atoms with Gasteiger partial charge in [-0.3, -0.25) is 4.79 Å². The molecule has 0 aliphatic carbocycles. The van der Waals surface area contributed by atoms with Gasteiger partial charge in [0, 0.05) is 17.5 Å². The third kappa shape index (κ3) is 3.21. The first kappa shape index (κ1) is 17.4. The smallest absolute Gasteiger partial charge is 0.233 e. The van der Waals surface area contributed by atoms with Crippen LogP contribution in [-0.2, 0) is 11.2 Å². The lowest BCUT2D eigenvalue weighted by molar-refractivity contribution is -0.131. The first-order valence-corrected chi connectivity index (χ1v) is 10.6. The average molecular weight is 388 g/mol. The molecule has 5 nitrogen and oxygen atoms in total. The van der Waals surface area contributed by atoms with Crippen LogP contribution in [0.25, 0.3) is 11.0 Å². The monoisotopic (exact) mass is 387 g/mol. The molecule has 1 amide bonds. The normalized spacial score (nSPS) is 16.7. The van der Waals surface area contributed by atoms with Crippen LogP contribution in [0.2, 0.25) is 0 Å². The van der Waals surface area contributed by atoms with Crippen molar-refractivity contribution in [3.8, 4) is 5.75 Å². The number of carbonyl (C=O) groups excluding carboxylic acids is 1. The molecule has 1 aliphatic heterocycles. The van der Waals surface area contributed by atoms with Crippen molar-refractivity contribution in [1.82, 2.24) is 14.9 Å². The number of rotatable bonds is 5. The number of hydrogen-bond donors (Lipinski definition) is 1. The highest BCUT2D eigenvalue weighted by atomic mass is 32.2. The van der Waals surface area contributed by atoms with Crippen LogP contribution in [0.5, 0.6) is 5.75 Å². The Morgan fingerprint density at radius 2 is 2.35 bits per heavy atom. The summed E-state index contributed by atoms with van der Waals surface area (Å²) in [5.41, 5.74) is 3.14. The second kappa shape index (κ2) is 7.32. The van der Waals surface area contributed by atoms with Crippen LogP contribution in [-0.4, -0.2) is 40.2 Å². The van der Waals surface area contributed by atoms with Crippen LogP contribution in [0.4, 0.5) is 0 Å². The molecule has 1 N–H and O–H groups in total. The number of methoxy groups -OCH3 is 1. The van der Waals surface area contributed by atoms with Gasteiger partial charge in [0.25, 0.3) is 0 Å². The number of benzene rings is 1. The highest BCUT2D eigenvalue weighted by Gasteiger charge is 2.30. The first-order valence-electron chi connectivity index (χ1n) is 8.72. The van der Waals surface area contributed by atoms with E-state index in [-0.39, 0.29) is 11.9 Å². The van der Waals surface area contributed by atoms with Gasteiger partial charge < -0.3 is 14.6 Å². The Hall–Kier alpha value is -1.99. The van der Waals surface area contributed by atoms with E-state index in [1.165, 1.54) is 22.2 Å². The summed E-state index contributed by atoms with van der Waals surface area (Å²) in [7, 11) is 1.65. The molecular formula is C19H21N3O2S2. The zero-order valence-electron chi connectivity index (χ0n) is 14.8. The van der Waals surface area contributed by atoms with E-state index in [1.807, 2.05) is 23.1 Å². The number of fused-ring (bicyclic) bond motifs is 2. The lowest BCUT2D eigenvalue weighted by Gasteiger charge is -2.35. The molecule has 7 heteroatoms. The predicted molar refractivity (Wildman–Crippen MR) is 106 cm³/mol. The summed E-state index contributed by atoms with van der Waals surface area (Å²) in [5.74, 6) is 1.36. The third-order valence-corrected chi connectivity index (χ3v) is 6.66. The van der Waals surface area contributed by atoms with Gasteiger partial charge in [-0.25, -0.2) is 4.98 Å². The Morgan fingerprint density at radius 3 is 3.15 bits per heavy atom. The number of thioether (sulfide) groups is 1. The number of nitrogens with one attached hydrogen (secondary N) is 1. The van der Waals surface area contributed by atoms with Crippen LogP contribution in [0.3, 0.4) is 0 Å². The number of carbonyl (C=O) groups is 1. The lowest BCUT2D eigenvalue weighted by Crippen LogP contribution is -2.40. The number of imidazole rings is 1. The van der Waals surface area contributed by atoms with Gasteiger partial charge in [0.1, 0.15) is 5.75 Å². The minimum absolute atomic E-state index is 0.178. The van der Waals surface area contributed by atoms with Crippen LogP contribution >= 0.6 is 23.1 Å². The van der Waals surface area contributed by atoms with Gasteiger partial charge in [0.15, 0.2) is 5.16 Å². The van der Waals surface area contributed by atoms with Crippen molar-refractivity contribution in [2.24, 2.45) is 0 Å². The zero-order valence-corrected chi connectivity index (χ0v) is 16.5. The Bertz CT molecular complexity index is 934. The third-order valence-electron chi connectivity index (χ3n) is 4.80. The molecule has 0 spiro atoms. The van der Waals surface area contributed by atoms with Crippen LogP contribution < -0.4 is 4.74 Å². The van der Waals surface area contributed by atoms with Crippen molar-refractivity contribution in [2.75, 3.05) is 19.4 Å². The minimum Gasteiger partial charge on any atom is -0.497 e. The highest BCUT2D eigenvalue weighted by Crippen LogP contribution is 2.35. The van der Waals surface area contributed by atoms with Gasteiger partial charge in [0.2, 0.25) is 5.91 Å². The second-order valence-corrected chi connectivity index (χ2v) is 8.24. The SMILES string of the molecule is CCC1c2ccsc2CCN1C(=O)CSc1nc2ccc(OC)cc2[nH]1. The molecule has 1 aliphatic rings. The molecule has 136 valence electrons. The van der Waals surface area contributed by atoms with Crippen molar-refractivity contribution >= 4 is 40.0 Å². The fraction of sp³-hybridized carbons (Fsp3) is 0.368. The summed E-state index contributed by atoms with van der Waals surface area (Å²) in [5, 5.41) is 2.90. The second-order valence-electron chi connectivity index (χ2n) is 6.27. The molecule has 1 aromatic carbocycles. The summed E-state index contributed by atoms with van der Waals surface area (Å²) in [6.45, 7) is 2.96. The maximum absolute atomic E-state index is 12.8. The summed E-state index contributed by atoms with van der Waals surface area (Å²) in [6, 6.07) is 8.11. The van der Waals surface area contributed by atoms with Crippen LogP contribution in [0, 0.1) is 0 Å². The maximum atomic E-state index is 12.8. The van der Waals surface area contributed by atoms with Crippen molar-refractivity contribution in [2.45, 2.75) is 31.0 Å². The predicted octanol–water partition coefficient (Wildman–Crippen LogP) is 4.26. The van der Waals surface area contributed by atoms with Crippen molar-refractivity contribution in [1.29, 1.82) is 0 Å². The Kier molecular flexibility index (Phi) is 4.91. The Morgan fingerprint density at radius 1 is 1.46 bits per heavy atom. The van der Waals surface area contributed by atoms with E-state index in [9.17, 15) is 4.79 Å². The fourth-order valence-electron chi connectivity index (χ4n) is 3.51. The number of aromatic amines is 1. The number of amides is 1. The van der Waals surface area contributed by atoms with Gasteiger partial charge in [-0.05, 0) is 42.0 Å². The first-order chi connectivity index (χ1) is 12.7. The van der Waals surface area contributed by atoms with E-state index < -0.39 is 0 Å². The number of nitrogens with zero attached hydrogens (tertiary/aromatic N) is 2. The molecule has 1 unspecified atom stereocenters. The number of hydrogen-bond acceptors (Lipinski definition) is 5. The number of aromatic nitrogens is 2. The summed E-state index contributed by atoms with van der Waals surface area (Å²) in [6.07, 6.45) is 1.91. The summed E-state index contributed by atoms with van der Waals surface area (Å²) < 4.78 is 5.24. The van der Waals surface area contributed by atoms with Gasteiger partial charge in [-0.15, -0.1) is 11.3 Å². The number of H-pyrrole nitrogens is 1. The highest BCUT2D eigenvalue weighted by molar-refractivity contribution is 7.99. The van der Waals surface area contributed by atoms with E-state index in [1.54, 1.807) is 18.4 Å². The summed E-state index contributed by atoms with van der Waals surface area (Å²) in [4.78, 5) is 24.1. The number of ether oxygens (including phenoxy) is 1. The zero-order chi connectivity index (χ0) is 18.1. The molecule has 0 saturated carbocycles. The molecule has 0 saturated heterocycles. The molecular weight excluding hydrogens is 366 g/mol. The minimum atomic E-state index is 0.178. The molecule has 0 fully saturated rings. The maximum Gasteiger partial charge on any atom is 0.233 e. The van der Waals surface area contributed by atoms with E-state index in [0.29, 0.717) is 5.75 Å². The lowest BCUT2D eigenvalue weighted by atomic mass is 9.98. The van der Waals surface area contributed by atoms with E-state index in [2.05, 4.69) is 28.3 Å². The Balaban J connectivity index is 1.45. The standard InChI is InChI=1S/C19H21N3O2S2/c1-3-16-13-7-9-25-17(13)6-8-22(16)18(23)11-26-19-20-14-5-4-12(24-2)10-15(14)21-19/h4-5,7,9-10,16H,3,6,8,11H2,1-2H3,(H,20,21). The molecule has 1 atom stereocenters. The van der Waals surface area contributed by atoms with Crippen molar-refractivity contribution in [3.05, 3.63) is 40.1 Å². The Labute approximate surface area is 160 Å². The van der Waals surface area contributed by atoms with Gasteiger partial charge in [-0.1, -0.05) is 18.7 Å². The van der Waals surface area contributed by atoms with Gasteiger partial charge in [-0.2, -0.15) is 0 Å². The molecule has 2 aromatic heterocycles. The van der Waals surface area contributed by atoms with E-state index in [4.69, 9.17) is 4.74 Å². The van der Waals surface area contributed by atoms with Crippen LogP contribution in [0.1, 0.15) is 29.8 Å². The molecule has 0 bridgehead atoms. The van der Waals surface area contributed by atoms with Crippen molar-refractivity contribution in [3.63, 3.8) is 0 Å². The van der Waals surface area contributed by atoms with Crippen LogP contribution in [0.15, 0.2) is 34.8 Å². The molecule has 3 aromatic rings.